The first-order chi connectivity index (χ1) is 21.7. The predicted octanol–water partition coefficient (Wildman–Crippen LogP) is 14.4. The van der Waals surface area contributed by atoms with Crippen LogP contribution in [0.1, 0.15) is 245 Å². The van der Waals surface area contributed by atoms with Gasteiger partial charge in [0.25, 0.3) is 5.82 Å². The number of rotatable bonds is 35. The number of nitrogens with zero attached hydrogens (tertiary/aromatic N) is 2. The van der Waals surface area contributed by atoms with Gasteiger partial charge in [-0.15, -0.1) is 0 Å². The van der Waals surface area contributed by atoms with E-state index in [4.69, 9.17) is 0 Å². The molecule has 44 heavy (non-hydrogen) atoms. The van der Waals surface area contributed by atoms with E-state index >= 15 is 0 Å². The topological polar surface area (TPSA) is 8.81 Å². The Labute approximate surface area is 279 Å². The number of unbranched alkanes of at least 4 members (excludes halogenated alkanes) is 30. The molecule has 1 rings (SSSR count). The Morgan fingerprint density at radius 2 is 0.727 bits per heavy atom. The summed E-state index contributed by atoms with van der Waals surface area (Å²) in [6.45, 7) is 10.5. The molecule has 1 heterocycles. The van der Waals surface area contributed by atoms with Crippen LogP contribution in [0.4, 0.5) is 0 Å². The molecule has 0 amide bonds. The van der Waals surface area contributed by atoms with Gasteiger partial charge in [0.05, 0.1) is 12.6 Å². The van der Waals surface area contributed by atoms with Crippen molar-refractivity contribution in [3.63, 3.8) is 0 Å². The Bertz CT molecular complexity index is 690. The van der Waals surface area contributed by atoms with Crippen LogP contribution in [0.3, 0.4) is 0 Å². The van der Waals surface area contributed by atoms with Gasteiger partial charge in [0.2, 0.25) is 0 Å². The Kier molecular flexibility index (Phi) is 30.1. The second kappa shape index (κ2) is 32.2. The third-order valence-electron chi connectivity index (χ3n) is 10.1. The highest BCUT2D eigenvalue weighted by Crippen LogP contribution is 2.17. The van der Waals surface area contributed by atoms with E-state index in [9.17, 15) is 0 Å². The largest absolute Gasteiger partial charge is 0.256 e. The van der Waals surface area contributed by atoms with Crippen LogP contribution >= 0.6 is 0 Å². The number of aromatic nitrogens is 2. The van der Waals surface area contributed by atoms with E-state index in [1.54, 1.807) is 5.82 Å². The van der Waals surface area contributed by atoms with Crippen molar-refractivity contribution in [2.45, 2.75) is 252 Å². The quantitative estimate of drug-likeness (QED) is 0.0530. The lowest BCUT2D eigenvalue weighted by atomic mass is 10.0. The Hall–Kier alpha value is -0.790. The van der Waals surface area contributed by atoms with E-state index in [0.717, 1.165) is 0 Å². The molecule has 0 saturated carbocycles. The van der Waals surface area contributed by atoms with Gasteiger partial charge in [-0.25, -0.2) is 9.13 Å². The number of imidazole rings is 1. The average Bonchev–Trinajstić information content (AvgIpc) is 3.43. The van der Waals surface area contributed by atoms with E-state index in [1.807, 2.05) is 0 Å². The van der Waals surface area contributed by atoms with Gasteiger partial charge < -0.3 is 0 Å². The van der Waals surface area contributed by atoms with Gasteiger partial charge in [0, 0.05) is 6.42 Å². The highest BCUT2D eigenvalue weighted by atomic mass is 15.2. The van der Waals surface area contributed by atoms with Crippen LogP contribution in [-0.4, -0.2) is 4.57 Å². The molecule has 260 valence electrons. The SMILES string of the molecule is CCCCCCCCCCCCCCCCCCc1n(C(C)C)cc[n+]1CCCCCCCCCCCCCCCCCC. The molecule has 0 aliphatic carbocycles. The van der Waals surface area contributed by atoms with Gasteiger partial charge in [-0.05, 0) is 33.1 Å². The van der Waals surface area contributed by atoms with Crippen LogP contribution in [0.25, 0.3) is 0 Å². The van der Waals surface area contributed by atoms with Gasteiger partial charge in [0.15, 0.2) is 0 Å². The minimum atomic E-state index is 0.568. The second-order valence-corrected chi connectivity index (χ2v) is 14.8. The van der Waals surface area contributed by atoms with Crippen molar-refractivity contribution in [3.05, 3.63) is 18.2 Å². The number of hydrogen-bond donors (Lipinski definition) is 0. The third-order valence-corrected chi connectivity index (χ3v) is 10.1. The van der Waals surface area contributed by atoms with E-state index in [1.165, 1.54) is 218 Å². The molecule has 0 N–H and O–H groups in total. The molecule has 0 aliphatic heterocycles. The summed E-state index contributed by atoms with van der Waals surface area (Å²) in [4.78, 5) is 0. The monoisotopic (exact) mass is 616 g/mol. The fraction of sp³-hybridized carbons (Fsp3) is 0.929. The first-order valence-corrected chi connectivity index (χ1v) is 20.8. The standard InChI is InChI=1S/C42H83N2/c1-5-7-9-11-13-15-17-19-21-23-25-27-29-31-33-35-37-42-43(39-40-44(42)41(3)4)38-36-34-32-30-28-26-24-22-20-18-16-14-12-10-8-6-2/h39-41H,5-38H2,1-4H3/q+1. The maximum Gasteiger partial charge on any atom is 0.256 e. The highest BCUT2D eigenvalue weighted by molar-refractivity contribution is 4.86. The van der Waals surface area contributed by atoms with Crippen LogP contribution in [0.15, 0.2) is 12.4 Å². The first-order valence-electron chi connectivity index (χ1n) is 20.8. The zero-order chi connectivity index (χ0) is 31.8. The molecule has 0 radical (unpaired) electrons. The van der Waals surface area contributed by atoms with Crippen LogP contribution in [0, 0.1) is 0 Å². The van der Waals surface area contributed by atoms with Crippen molar-refractivity contribution in [2.24, 2.45) is 0 Å². The lowest BCUT2D eigenvalue weighted by Crippen LogP contribution is -2.37. The second-order valence-electron chi connectivity index (χ2n) is 14.8. The van der Waals surface area contributed by atoms with Crippen LogP contribution < -0.4 is 4.57 Å². The minimum Gasteiger partial charge on any atom is -0.234 e. The van der Waals surface area contributed by atoms with Gasteiger partial charge >= 0.3 is 0 Å². The number of hydrogen-bond acceptors (Lipinski definition) is 0. The maximum absolute atomic E-state index is 2.59. The molecule has 1 aromatic heterocycles. The van der Waals surface area contributed by atoms with Crippen molar-refractivity contribution >= 4 is 0 Å². The van der Waals surface area contributed by atoms with Gasteiger partial charge in [-0.3, -0.25) is 0 Å². The Morgan fingerprint density at radius 1 is 0.432 bits per heavy atom. The third kappa shape index (κ3) is 24.4. The molecule has 0 atom stereocenters. The summed E-state index contributed by atoms with van der Waals surface area (Å²) in [5.74, 6) is 1.58. The lowest BCUT2D eigenvalue weighted by molar-refractivity contribution is -0.704. The van der Waals surface area contributed by atoms with Crippen molar-refractivity contribution in [1.29, 1.82) is 0 Å². The minimum absolute atomic E-state index is 0.568. The molecule has 2 heteroatoms. The zero-order valence-electron chi connectivity index (χ0n) is 31.2. The molecule has 2 nitrogen and oxygen atoms in total. The smallest absolute Gasteiger partial charge is 0.234 e. The molecule has 0 aliphatic rings. The van der Waals surface area contributed by atoms with E-state index < -0.39 is 0 Å². The van der Waals surface area contributed by atoms with Crippen LogP contribution in [-0.2, 0) is 13.0 Å². The molecule has 0 aromatic carbocycles. The summed E-state index contributed by atoms with van der Waals surface area (Å²) in [6, 6.07) is 0.568. The normalized spacial score (nSPS) is 11.8. The summed E-state index contributed by atoms with van der Waals surface area (Å²) < 4.78 is 5.13. The maximum atomic E-state index is 2.59. The fourth-order valence-corrected chi connectivity index (χ4v) is 7.08. The first kappa shape index (κ1) is 41.2. The summed E-state index contributed by atoms with van der Waals surface area (Å²) in [7, 11) is 0. The van der Waals surface area contributed by atoms with Crippen LogP contribution in [0.5, 0.6) is 0 Å². The Balaban J connectivity index is 2.00. The van der Waals surface area contributed by atoms with Gasteiger partial charge in [-0.2, -0.15) is 0 Å². The van der Waals surface area contributed by atoms with Crippen molar-refractivity contribution in [2.75, 3.05) is 0 Å². The van der Waals surface area contributed by atoms with Crippen molar-refractivity contribution in [3.8, 4) is 0 Å². The molecule has 0 unspecified atom stereocenters. The predicted molar refractivity (Wildman–Crippen MR) is 198 cm³/mol. The number of aryl methyl sites for hydroxylation is 1. The van der Waals surface area contributed by atoms with Crippen molar-refractivity contribution in [1.82, 2.24) is 4.57 Å². The van der Waals surface area contributed by atoms with Gasteiger partial charge in [0.1, 0.15) is 12.4 Å². The Morgan fingerprint density at radius 3 is 1.05 bits per heavy atom. The summed E-state index contributed by atoms with van der Waals surface area (Å²) >= 11 is 0. The highest BCUT2D eigenvalue weighted by Gasteiger charge is 2.18. The molecule has 1 aromatic rings. The van der Waals surface area contributed by atoms with E-state index in [2.05, 4.69) is 49.2 Å². The molecular formula is C42H83N2+. The fourth-order valence-electron chi connectivity index (χ4n) is 7.08. The molecule has 0 saturated heterocycles. The molecule has 0 spiro atoms. The zero-order valence-corrected chi connectivity index (χ0v) is 31.2. The average molecular weight is 616 g/mol. The van der Waals surface area contributed by atoms with E-state index in [0.29, 0.717) is 6.04 Å². The summed E-state index contributed by atoms with van der Waals surface area (Å²) in [6.07, 6.45) is 52.2. The summed E-state index contributed by atoms with van der Waals surface area (Å²) in [5, 5.41) is 0. The van der Waals surface area contributed by atoms with Crippen LogP contribution in [0.2, 0.25) is 0 Å². The summed E-state index contributed by atoms with van der Waals surface area (Å²) in [5.41, 5.74) is 0. The van der Waals surface area contributed by atoms with Crippen molar-refractivity contribution < 1.29 is 4.57 Å². The molecule has 0 fully saturated rings. The molecule has 0 bridgehead atoms. The van der Waals surface area contributed by atoms with Gasteiger partial charge in [-0.1, -0.05) is 200 Å². The van der Waals surface area contributed by atoms with E-state index in [-0.39, 0.29) is 0 Å². The lowest BCUT2D eigenvalue weighted by Gasteiger charge is -2.08. The molecular weight excluding hydrogens is 532 g/mol.